The lowest BCUT2D eigenvalue weighted by Gasteiger charge is -2.36. The molecule has 1 amide bonds. The average molecular weight is 509 g/mol. The Labute approximate surface area is 217 Å². The van der Waals surface area contributed by atoms with Crippen molar-refractivity contribution in [2.45, 2.75) is 75.6 Å². The summed E-state index contributed by atoms with van der Waals surface area (Å²) >= 11 is 1.50. The summed E-state index contributed by atoms with van der Waals surface area (Å²) in [6, 6.07) is 11.8. The molecule has 0 spiro atoms. The molecule has 0 atom stereocenters. The first kappa shape index (κ1) is 26.0. The second kappa shape index (κ2) is 11.3. The first-order valence-corrected chi connectivity index (χ1v) is 13.3. The first-order chi connectivity index (χ1) is 17.2. The number of nitrogens with one attached hydrogen (secondary N) is 3. The van der Waals surface area contributed by atoms with Gasteiger partial charge in [0.15, 0.2) is 5.16 Å². The van der Waals surface area contributed by atoms with Gasteiger partial charge in [-0.15, -0.1) is 0 Å². The molecule has 4 rings (SSSR count). The average Bonchev–Trinajstić information content (AvgIpc) is 3.24. The zero-order valence-electron chi connectivity index (χ0n) is 21.7. The van der Waals surface area contributed by atoms with Crippen LogP contribution in [0.2, 0.25) is 0 Å². The van der Waals surface area contributed by atoms with Crippen molar-refractivity contribution >= 4 is 40.8 Å². The number of carbonyl (C=O) groups excluding carboxylic acids is 1. The Morgan fingerprint density at radius 1 is 1.17 bits per heavy atom. The van der Waals surface area contributed by atoms with Crippen molar-refractivity contribution in [3.05, 3.63) is 48.2 Å². The fourth-order valence-corrected chi connectivity index (χ4v) is 4.83. The molecule has 8 nitrogen and oxygen atoms in total. The molecule has 36 heavy (non-hydrogen) atoms. The summed E-state index contributed by atoms with van der Waals surface area (Å²) in [6.07, 6.45) is 4.61. The molecule has 0 saturated carbocycles. The van der Waals surface area contributed by atoms with Gasteiger partial charge in [0.2, 0.25) is 5.91 Å². The van der Waals surface area contributed by atoms with Crippen LogP contribution in [0.4, 0.5) is 23.1 Å². The maximum atomic E-state index is 11.7. The van der Waals surface area contributed by atoms with Gasteiger partial charge in [0.25, 0.3) is 0 Å². The number of aromatic amines is 1. The molecule has 1 aliphatic heterocycles. The number of H-pyrrole nitrogens is 1. The molecule has 1 aromatic carbocycles. The fourth-order valence-electron chi connectivity index (χ4n) is 4.06. The summed E-state index contributed by atoms with van der Waals surface area (Å²) in [6.45, 7) is 12.0. The number of carbonyl (C=O) groups is 1. The number of amides is 1. The van der Waals surface area contributed by atoms with E-state index < -0.39 is 0 Å². The van der Waals surface area contributed by atoms with Crippen LogP contribution in [-0.4, -0.2) is 45.7 Å². The number of aryl methyl sites for hydroxylation is 1. The number of ether oxygens (including phenoxy) is 1. The minimum absolute atomic E-state index is 0.00150. The Balaban J connectivity index is 1.52. The van der Waals surface area contributed by atoms with Gasteiger partial charge in [0, 0.05) is 42.4 Å². The molecular formula is C27H36N6O2S. The number of anilines is 4. The van der Waals surface area contributed by atoms with Crippen LogP contribution in [0.3, 0.4) is 0 Å². The van der Waals surface area contributed by atoms with Gasteiger partial charge in [-0.3, -0.25) is 4.79 Å². The van der Waals surface area contributed by atoms with Gasteiger partial charge in [-0.2, -0.15) is 0 Å². The van der Waals surface area contributed by atoms with Crippen molar-refractivity contribution < 1.29 is 9.53 Å². The normalized spacial score (nSPS) is 14.6. The molecule has 3 heterocycles. The molecule has 1 fully saturated rings. The molecule has 1 aliphatic rings. The number of hydrogen-bond acceptors (Lipinski definition) is 7. The molecule has 0 radical (unpaired) electrons. The van der Waals surface area contributed by atoms with Crippen LogP contribution in [0.15, 0.2) is 52.6 Å². The minimum atomic E-state index is -0.133. The molecule has 2 aromatic heterocycles. The van der Waals surface area contributed by atoms with E-state index in [4.69, 9.17) is 14.7 Å². The van der Waals surface area contributed by atoms with Gasteiger partial charge < -0.3 is 25.3 Å². The minimum Gasteiger partial charge on any atom is -0.372 e. The molecular weight excluding hydrogens is 472 g/mol. The second-order valence-corrected chi connectivity index (χ2v) is 11.1. The first-order valence-electron chi connectivity index (χ1n) is 12.5. The van der Waals surface area contributed by atoms with Crippen LogP contribution in [-0.2, 0) is 9.53 Å². The quantitative estimate of drug-likeness (QED) is 0.315. The summed E-state index contributed by atoms with van der Waals surface area (Å²) < 4.78 is 6.21. The highest BCUT2D eigenvalue weighted by Crippen LogP contribution is 2.31. The number of piperidine rings is 1. The van der Waals surface area contributed by atoms with E-state index in [1.165, 1.54) is 11.8 Å². The predicted octanol–water partition coefficient (Wildman–Crippen LogP) is 6.14. The van der Waals surface area contributed by atoms with Crippen molar-refractivity contribution in [3.63, 3.8) is 0 Å². The third-order valence-electron chi connectivity index (χ3n) is 5.74. The number of hydrogen-bond donors (Lipinski definition) is 3. The van der Waals surface area contributed by atoms with E-state index in [0.29, 0.717) is 11.6 Å². The Bertz CT molecular complexity index is 1160. The van der Waals surface area contributed by atoms with E-state index in [9.17, 15) is 4.79 Å². The van der Waals surface area contributed by atoms with Gasteiger partial charge >= 0.3 is 0 Å². The zero-order valence-corrected chi connectivity index (χ0v) is 22.5. The molecule has 3 aromatic rings. The Kier molecular flexibility index (Phi) is 8.21. The molecule has 0 bridgehead atoms. The van der Waals surface area contributed by atoms with Crippen LogP contribution in [0.5, 0.6) is 0 Å². The summed E-state index contributed by atoms with van der Waals surface area (Å²) in [7, 11) is 0. The number of nitrogens with zero attached hydrogens (tertiary/aromatic N) is 3. The SMILES string of the molecule is CCC(=O)Nc1ccc(Sc2nc(Nc3cc(C)c[nH]3)cc(N3CCC(OC(C)(C)C)CC3)n2)cc1. The van der Waals surface area contributed by atoms with E-state index in [1.807, 2.05) is 56.4 Å². The highest BCUT2D eigenvalue weighted by molar-refractivity contribution is 7.99. The second-order valence-electron chi connectivity index (χ2n) is 10.1. The summed E-state index contributed by atoms with van der Waals surface area (Å²) in [5, 5.41) is 6.93. The molecule has 192 valence electrons. The molecule has 1 saturated heterocycles. The topological polar surface area (TPSA) is 95.2 Å². The van der Waals surface area contributed by atoms with E-state index in [1.54, 1.807) is 0 Å². The third kappa shape index (κ3) is 7.48. The summed E-state index contributed by atoms with van der Waals surface area (Å²) in [5.41, 5.74) is 1.80. The van der Waals surface area contributed by atoms with Crippen LogP contribution < -0.4 is 15.5 Å². The maximum Gasteiger partial charge on any atom is 0.224 e. The Hall–Kier alpha value is -3.04. The third-order valence-corrected chi connectivity index (χ3v) is 6.61. The summed E-state index contributed by atoms with van der Waals surface area (Å²) in [5.74, 6) is 2.53. The Morgan fingerprint density at radius 3 is 2.50 bits per heavy atom. The number of rotatable bonds is 8. The highest BCUT2D eigenvalue weighted by atomic mass is 32.2. The van der Waals surface area contributed by atoms with Crippen molar-refractivity contribution in [2.24, 2.45) is 0 Å². The lowest BCUT2D eigenvalue weighted by molar-refractivity contribution is -0.115. The summed E-state index contributed by atoms with van der Waals surface area (Å²) in [4.78, 5) is 27.9. The highest BCUT2D eigenvalue weighted by Gasteiger charge is 2.25. The van der Waals surface area contributed by atoms with E-state index >= 15 is 0 Å². The van der Waals surface area contributed by atoms with E-state index in [2.05, 4.69) is 41.3 Å². The van der Waals surface area contributed by atoms with Gasteiger partial charge in [0.05, 0.1) is 11.7 Å². The molecule has 0 aliphatic carbocycles. The van der Waals surface area contributed by atoms with Crippen LogP contribution in [0.25, 0.3) is 0 Å². The number of benzene rings is 1. The zero-order chi connectivity index (χ0) is 25.7. The van der Waals surface area contributed by atoms with Crippen molar-refractivity contribution in [2.75, 3.05) is 28.6 Å². The Morgan fingerprint density at radius 2 is 1.89 bits per heavy atom. The van der Waals surface area contributed by atoms with Crippen LogP contribution in [0, 0.1) is 6.92 Å². The molecule has 9 heteroatoms. The van der Waals surface area contributed by atoms with E-state index in [0.717, 1.165) is 59.5 Å². The monoisotopic (exact) mass is 508 g/mol. The smallest absolute Gasteiger partial charge is 0.224 e. The lowest BCUT2D eigenvalue weighted by Crippen LogP contribution is -2.40. The molecule has 3 N–H and O–H groups in total. The van der Waals surface area contributed by atoms with Gasteiger partial charge in [-0.05, 0) is 88.2 Å². The van der Waals surface area contributed by atoms with Gasteiger partial charge in [0.1, 0.15) is 17.5 Å². The molecule has 0 unspecified atom stereocenters. The van der Waals surface area contributed by atoms with Gasteiger partial charge in [-0.25, -0.2) is 9.97 Å². The van der Waals surface area contributed by atoms with Gasteiger partial charge in [-0.1, -0.05) is 6.92 Å². The standard InChI is InChI=1S/C27H36N6O2S/c1-6-25(34)29-19-7-9-21(10-8-19)36-26-31-23(30-22-15-18(2)17-28-22)16-24(32-26)33-13-11-20(12-14-33)35-27(3,4)5/h7-10,15-17,20,28H,6,11-14H2,1-5H3,(H,29,34)(H,30,31,32). The van der Waals surface area contributed by atoms with Crippen molar-refractivity contribution in [1.29, 1.82) is 0 Å². The lowest BCUT2D eigenvalue weighted by atomic mass is 10.1. The van der Waals surface area contributed by atoms with Crippen molar-refractivity contribution in [1.82, 2.24) is 15.0 Å². The van der Waals surface area contributed by atoms with Crippen LogP contribution >= 0.6 is 11.8 Å². The number of aromatic nitrogens is 3. The largest absolute Gasteiger partial charge is 0.372 e. The maximum absolute atomic E-state index is 11.7. The fraction of sp³-hybridized carbons (Fsp3) is 0.444. The van der Waals surface area contributed by atoms with E-state index in [-0.39, 0.29) is 17.6 Å². The van der Waals surface area contributed by atoms with Crippen molar-refractivity contribution in [3.8, 4) is 0 Å². The predicted molar refractivity (Wildman–Crippen MR) is 146 cm³/mol. The van der Waals surface area contributed by atoms with Crippen LogP contribution in [0.1, 0.15) is 52.5 Å².